The van der Waals surface area contributed by atoms with Crippen LogP contribution in [0, 0.1) is 19.7 Å². The fourth-order valence-electron chi connectivity index (χ4n) is 2.12. The van der Waals surface area contributed by atoms with Gasteiger partial charge in [-0.1, -0.05) is 12.1 Å². The van der Waals surface area contributed by atoms with Gasteiger partial charge in [0.05, 0.1) is 9.83 Å². The molecule has 19 heavy (non-hydrogen) atoms. The molecule has 1 aromatic heterocycles. The van der Waals surface area contributed by atoms with Crippen molar-refractivity contribution >= 4 is 43.2 Å². The Kier molecular flexibility index (Phi) is 4.82. The molecule has 0 radical (unpaired) electrons. The van der Waals surface area contributed by atoms with E-state index in [9.17, 15) is 4.39 Å². The average Bonchev–Trinajstić information content (AvgIpc) is 2.67. The van der Waals surface area contributed by atoms with Crippen molar-refractivity contribution in [3.63, 3.8) is 0 Å². The van der Waals surface area contributed by atoms with E-state index >= 15 is 0 Å². The molecule has 2 aromatic rings. The lowest BCUT2D eigenvalue weighted by Gasteiger charge is -2.17. The maximum Gasteiger partial charge on any atom is 0.129 e. The molecular weight excluding hydrogens is 393 g/mol. The highest BCUT2D eigenvalue weighted by Crippen LogP contribution is 2.38. The Hall–Kier alpha value is -0.230. The third kappa shape index (κ3) is 3.10. The molecule has 0 aliphatic carbocycles. The second kappa shape index (κ2) is 6.04. The van der Waals surface area contributed by atoms with Gasteiger partial charge in [-0.2, -0.15) is 0 Å². The lowest BCUT2D eigenvalue weighted by atomic mass is 10.00. The Balaban J connectivity index is 2.48. The zero-order chi connectivity index (χ0) is 14.2. The molecular formula is C14H14Br2FNS. The van der Waals surface area contributed by atoms with Gasteiger partial charge in [0.2, 0.25) is 0 Å². The molecule has 1 nitrogen and oxygen atoms in total. The molecule has 0 aliphatic heterocycles. The van der Waals surface area contributed by atoms with Gasteiger partial charge in [0.25, 0.3) is 0 Å². The zero-order valence-corrected chi connectivity index (χ0v) is 14.8. The van der Waals surface area contributed by atoms with Gasteiger partial charge in [-0.15, -0.1) is 11.3 Å². The molecule has 1 heterocycles. The van der Waals surface area contributed by atoms with Gasteiger partial charge in [0.1, 0.15) is 5.82 Å². The van der Waals surface area contributed by atoms with Crippen LogP contribution in [0.1, 0.15) is 27.6 Å². The SMILES string of the molecule is CNC(c1cc(C)c(F)c(C)c1)c1cc(Br)c(Br)s1. The molecule has 0 aliphatic rings. The van der Waals surface area contributed by atoms with Gasteiger partial charge in [0, 0.05) is 9.35 Å². The minimum atomic E-state index is -0.118. The van der Waals surface area contributed by atoms with Crippen molar-refractivity contribution in [1.82, 2.24) is 5.32 Å². The highest BCUT2D eigenvalue weighted by molar-refractivity contribution is 9.13. The third-order valence-corrected chi connectivity index (χ3v) is 6.35. The number of hydrogen-bond acceptors (Lipinski definition) is 2. The molecule has 1 N–H and O–H groups in total. The van der Waals surface area contributed by atoms with Crippen LogP contribution in [-0.4, -0.2) is 7.05 Å². The van der Waals surface area contributed by atoms with Gasteiger partial charge < -0.3 is 5.32 Å². The minimum absolute atomic E-state index is 0.0746. The van der Waals surface area contributed by atoms with E-state index in [1.54, 1.807) is 25.2 Å². The van der Waals surface area contributed by atoms with Gasteiger partial charge in [0.15, 0.2) is 0 Å². The number of hydrogen-bond donors (Lipinski definition) is 1. The third-order valence-electron chi connectivity index (χ3n) is 3.03. The van der Waals surface area contributed by atoms with Gasteiger partial charge in [-0.3, -0.25) is 0 Å². The van der Waals surface area contributed by atoms with Crippen molar-refractivity contribution in [3.8, 4) is 0 Å². The standard InChI is InChI=1S/C14H14Br2FNS/c1-7-4-9(5-8(2)12(7)17)13(18-3)11-6-10(15)14(16)19-11/h4-6,13,18H,1-3H3. The van der Waals surface area contributed by atoms with Gasteiger partial charge >= 0.3 is 0 Å². The van der Waals surface area contributed by atoms with Gasteiger partial charge in [-0.05, 0) is 75.5 Å². The predicted octanol–water partition coefficient (Wildman–Crippen LogP) is 5.34. The lowest BCUT2D eigenvalue weighted by molar-refractivity contribution is 0.605. The minimum Gasteiger partial charge on any atom is -0.309 e. The van der Waals surface area contributed by atoms with Crippen LogP contribution >= 0.6 is 43.2 Å². The van der Waals surface area contributed by atoms with Crippen LogP contribution in [-0.2, 0) is 0 Å². The summed E-state index contributed by atoms with van der Waals surface area (Å²) in [6.45, 7) is 3.61. The molecule has 0 amide bonds. The summed E-state index contributed by atoms with van der Waals surface area (Å²) in [5.41, 5.74) is 2.45. The van der Waals surface area contributed by atoms with E-state index in [0.717, 1.165) is 13.8 Å². The molecule has 0 fully saturated rings. The van der Waals surface area contributed by atoms with Crippen molar-refractivity contribution in [2.45, 2.75) is 19.9 Å². The Labute approximate surface area is 133 Å². The van der Waals surface area contributed by atoms with Crippen molar-refractivity contribution in [2.24, 2.45) is 0 Å². The molecule has 0 bridgehead atoms. The summed E-state index contributed by atoms with van der Waals surface area (Å²) in [5.74, 6) is -0.118. The number of rotatable bonds is 3. The molecule has 2 rings (SSSR count). The van der Waals surface area contributed by atoms with Crippen LogP contribution in [0.4, 0.5) is 4.39 Å². The summed E-state index contributed by atoms with van der Waals surface area (Å²) >= 11 is 8.68. The summed E-state index contributed by atoms with van der Waals surface area (Å²) in [6.07, 6.45) is 0. The topological polar surface area (TPSA) is 12.0 Å². The average molecular weight is 407 g/mol. The Morgan fingerprint density at radius 2 is 1.74 bits per heavy atom. The molecule has 0 saturated carbocycles. The van der Waals surface area contributed by atoms with E-state index < -0.39 is 0 Å². The van der Waals surface area contributed by atoms with Crippen molar-refractivity contribution in [3.05, 3.63) is 53.8 Å². The molecule has 1 unspecified atom stereocenters. The Morgan fingerprint density at radius 1 is 1.16 bits per heavy atom. The van der Waals surface area contributed by atoms with Crippen LogP contribution < -0.4 is 5.32 Å². The van der Waals surface area contributed by atoms with Crippen molar-refractivity contribution in [2.75, 3.05) is 7.05 Å². The summed E-state index contributed by atoms with van der Waals surface area (Å²) in [4.78, 5) is 1.19. The number of benzene rings is 1. The highest BCUT2D eigenvalue weighted by atomic mass is 79.9. The van der Waals surface area contributed by atoms with E-state index in [2.05, 4.69) is 43.2 Å². The number of thiophene rings is 1. The summed E-state index contributed by atoms with van der Waals surface area (Å²) in [7, 11) is 1.92. The van der Waals surface area contributed by atoms with Crippen molar-refractivity contribution < 1.29 is 4.39 Å². The largest absolute Gasteiger partial charge is 0.309 e. The Morgan fingerprint density at radius 3 is 2.16 bits per heavy atom. The summed E-state index contributed by atoms with van der Waals surface area (Å²) < 4.78 is 15.8. The van der Waals surface area contributed by atoms with Crippen LogP contribution in [0.5, 0.6) is 0 Å². The number of aryl methyl sites for hydroxylation is 2. The second-order valence-electron chi connectivity index (χ2n) is 4.46. The molecule has 102 valence electrons. The molecule has 0 spiro atoms. The Bertz CT molecular complexity index is 567. The zero-order valence-electron chi connectivity index (χ0n) is 10.9. The van der Waals surface area contributed by atoms with E-state index in [-0.39, 0.29) is 11.9 Å². The molecule has 1 aromatic carbocycles. The van der Waals surface area contributed by atoms with Crippen LogP contribution in [0.3, 0.4) is 0 Å². The van der Waals surface area contributed by atoms with Crippen LogP contribution in [0.2, 0.25) is 0 Å². The van der Waals surface area contributed by atoms with E-state index in [1.807, 2.05) is 19.2 Å². The van der Waals surface area contributed by atoms with Crippen LogP contribution in [0.15, 0.2) is 26.5 Å². The first-order valence-corrected chi connectivity index (χ1v) is 8.23. The summed E-state index contributed by atoms with van der Waals surface area (Å²) in [5, 5.41) is 3.30. The first-order valence-electron chi connectivity index (χ1n) is 5.82. The first-order chi connectivity index (χ1) is 8.93. The quantitative estimate of drug-likeness (QED) is 0.725. The maximum absolute atomic E-state index is 13.7. The maximum atomic E-state index is 13.7. The summed E-state index contributed by atoms with van der Waals surface area (Å²) in [6, 6.07) is 5.98. The fourth-order valence-corrected chi connectivity index (χ4v) is 4.35. The molecule has 1 atom stereocenters. The first kappa shape index (κ1) is 15.2. The van der Waals surface area contributed by atoms with E-state index in [1.165, 1.54) is 4.88 Å². The second-order valence-corrected chi connectivity index (χ2v) is 7.72. The molecule has 5 heteroatoms. The smallest absolute Gasteiger partial charge is 0.129 e. The predicted molar refractivity (Wildman–Crippen MR) is 86.5 cm³/mol. The van der Waals surface area contributed by atoms with E-state index in [4.69, 9.17) is 0 Å². The number of halogens is 3. The highest BCUT2D eigenvalue weighted by Gasteiger charge is 2.18. The normalized spacial score (nSPS) is 12.7. The molecule has 0 saturated heterocycles. The van der Waals surface area contributed by atoms with E-state index in [0.29, 0.717) is 11.1 Å². The fraction of sp³-hybridized carbons (Fsp3) is 0.286. The number of nitrogens with one attached hydrogen (secondary N) is 1. The monoisotopic (exact) mass is 405 g/mol. The van der Waals surface area contributed by atoms with Crippen molar-refractivity contribution in [1.29, 1.82) is 0 Å². The lowest BCUT2D eigenvalue weighted by Crippen LogP contribution is -2.17. The van der Waals surface area contributed by atoms with Crippen LogP contribution in [0.25, 0.3) is 0 Å². The van der Waals surface area contributed by atoms with Gasteiger partial charge in [-0.25, -0.2) is 4.39 Å².